The van der Waals surface area contributed by atoms with Gasteiger partial charge in [-0.3, -0.25) is 9.48 Å². The van der Waals surface area contributed by atoms with Crippen LogP contribution in [0.5, 0.6) is 11.5 Å². The summed E-state index contributed by atoms with van der Waals surface area (Å²) in [6, 6.07) is 5.75. The number of nitrogens with one attached hydrogen (secondary N) is 1. The Morgan fingerprint density at radius 2 is 2.00 bits per heavy atom. The summed E-state index contributed by atoms with van der Waals surface area (Å²) in [4.78, 5) is 17.2. The van der Waals surface area contributed by atoms with E-state index in [1.807, 2.05) is 25.1 Å². The van der Waals surface area contributed by atoms with Gasteiger partial charge in [-0.25, -0.2) is 4.98 Å². The van der Waals surface area contributed by atoms with Gasteiger partial charge in [0.25, 0.3) is 0 Å². The number of carbonyl (C=O) groups is 1. The summed E-state index contributed by atoms with van der Waals surface area (Å²) >= 11 is 0. The topological polar surface area (TPSA) is 78.3 Å². The molecule has 1 aliphatic rings. The maximum absolute atomic E-state index is 13.2. The predicted octanol–water partition coefficient (Wildman–Crippen LogP) is 2.31. The third-order valence-corrected chi connectivity index (χ3v) is 5.13. The number of methoxy groups -OCH3 is 2. The zero-order chi connectivity index (χ0) is 18.6. The highest BCUT2D eigenvalue weighted by Crippen LogP contribution is 2.44. The highest BCUT2D eigenvalue weighted by atomic mass is 16.5. The Labute approximate surface area is 153 Å². The number of hydrogen-bond donors (Lipinski definition) is 1. The van der Waals surface area contributed by atoms with Crippen LogP contribution in [0, 0.1) is 0 Å². The van der Waals surface area contributed by atoms with Crippen LogP contribution in [0.3, 0.4) is 0 Å². The Hall–Kier alpha value is -2.57. The molecule has 1 unspecified atom stereocenters. The van der Waals surface area contributed by atoms with E-state index in [1.54, 1.807) is 25.2 Å². The lowest BCUT2D eigenvalue weighted by molar-refractivity contribution is -0.127. The number of amides is 1. The van der Waals surface area contributed by atoms with Crippen LogP contribution in [-0.4, -0.2) is 40.9 Å². The molecule has 7 nitrogen and oxygen atoms in total. The summed E-state index contributed by atoms with van der Waals surface area (Å²) in [6.45, 7) is 2.57. The summed E-state index contributed by atoms with van der Waals surface area (Å²) in [6.07, 6.45) is 6.91. The van der Waals surface area contributed by atoms with E-state index in [4.69, 9.17) is 9.47 Å². The van der Waals surface area contributed by atoms with E-state index in [1.165, 1.54) is 6.33 Å². The van der Waals surface area contributed by atoms with Crippen molar-refractivity contribution in [3.05, 3.63) is 36.4 Å². The Kier molecular flexibility index (Phi) is 5.44. The highest BCUT2D eigenvalue weighted by Gasteiger charge is 2.43. The molecule has 1 atom stereocenters. The molecule has 3 rings (SSSR count). The molecule has 140 valence electrons. The van der Waals surface area contributed by atoms with E-state index in [9.17, 15) is 4.79 Å². The van der Waals surface area contributed by atoms with Gasteiger partial charge in [-0.1, -0.05) is 18.9 Å². The molecule has 1 saturated carbocycles. The average Bonchev–Trinajstić information content (AvgIpc) is 3.33. The van der Waals surface area contributed by atoms with E-state index in [0.717, 1.165) is 31.2 Å². The summed E-state index contributed by atoms with van der Waals surface area (Å²) in [7, 11) is 3.23. The quantitative estimate of drug-likeness (QED) is 0.822. The van der Waals surface area contributed by atoms with Gasteiger partial charge in [0, 0.05) is 6.04 Å². The van der Waals surface area contributed by atoms with Gasteiger partial charge < -0.3 is 14.8 Å². The maximum Gasteiger partial charge on any atom is 0.230 e. The number of benzene rings is 1. The number of nitrogens with zero attached hydrogens (tertiary/aromatic N) is 3. The molecule has 0 aliphatic heterocycles. The molecule has 0 bridgehead atoms. The summed E-state index contributed by atoms with van der Waals surface area (Å²) in [5.74, 6) is 1.39. The van der Waals surface area contributed by atoms with Crippen LogP contribution in [-0.2, 0) is 16.8 Å². The van der Waals surface area contributed by atoms with Crippen LogP contribution >= 0.6 is 0 Å². The van der Waals surface area contributed by atoms with Crippen LogP contribution < -0.4 is 14.8 Å². The highest BCUT2D eigenvalue weighted by molar-refractivity contribution is 5.89. The summed E-state index contributed by atoms with van der Waals surface area (Å²) < 4.78 is 12.5. The molecule has 0 saturated heterocycles. The van der Waals surface area contributed by atoms with Crippen LogP contribution in [0.25, 0.3) is 0 Å². The second-order valence-electron chi connectivity index (χ2n) is 6.85. The van der Waals surface area contributed by atoms with Crippen molar-refractivity contribution in [2.45, 2.75) is 50.6 Å². The van der Waals surface area contributed by atoms with Crippen molar-refractivity contribution < 1.29 is 14.3 Å². The minimum absolute atomic E-state index is 0.0400. The minimum atomic E-state index is -0.518. The van der Waals surface area contributed by atoms with E-state index in [-0.39, 0.29) is 11.9 Å². The van der Waals surface area contributed by atoms with Gasteiger partial charge in [-0.05, 0) is 37.5 Å². The zero-order valence-electron chi connectivity index (χ0n) is 15.6. The Balaban J connectivity index is 1.82. The van der Waals surface area contributed by atoms with E-state index in [0.29, 0.717) is 18.0 Å². The second kappa shape index (κ2) is 7.76. The lowest BCUT2D eigenvalue weighted by Gasteiger charge is -2.30. The van der Waals surface area contributed by atoms with Crippen molar-refractivity contribution in [1.29, 1.82) is 0 Å². The van der Waals surface area contributed by atoms with Crippen molar-refractivity contribution >= 4 is 5.91 Å². The predicted molar refractivity (Wildman–Crippen MR) is 97.3 cm³/mol. The first-order valence-electron chi connectivity index (χ1n) is 8.95. The molecule has 1 aliphatic carbocycles. The first-order valence-corrected chi connectivity index (χ1v) is 8.95. The fourth-order valence-electron chi connectivity index (χ4n) is 3.77. The SMILES string of the molecule is COc1ccc(C2(C(=O)NC(C)Cn3cncn3)CCCC2)cc1OC. The van der Waals surface area contributed by atoms with Crippen LogP contribution in [0.4, 0.5) is 0 Å². The van der Waals surface area contributed by atoms with Gasteiger partial charge in [0.1, 0.15) is 12.7 Å². The summed E-state index contributed by atoms with van der Waals surface area (Å²) in [5, 5.41) is 7.27. The molecule has 7 heteroatoms. The van der Waals surface area contributed by atoms with Crippen molar-refractivity contribution in [3.8, 4) is 11.5 Å². The normalized spacial score (nSPS) is 16.9. The number of carbonyl (C=O) groups excluding carboxylic acids is 1. The second-order valence-corrected chi connectivity index (χ2v) is 6.85. The van der Waals surface area contributed by atoms with Gasteiger partial charge in [0.05, 0.1) is 26.2 Å². The number of ether oxygens (including phenoxy) is 2. The molecule has 1 aromatic carbocycles. The fourth-order valence-corrected chi connectivity index (χ4v) is 3.77. The maximum atomic E-state index is 13.2. The Bertz CT molecular complexity index is 739. The molecular formula is C19H26N4O3. The molecular weight excluding hydrogens is 332 g/mol. The molecule has 1 heterocycles. The molecule has 1 N–H and O–H groups in total. The van der Waals surface area contributed by atoms with Crippen molar-refractivity contribution in [2.24, 2.45) is 0 Å². The van der Waals surface area contributed by atoms with Gasteiger partial charge in [-0.15, -0.1) is 0 Å². The van der Waals surface area contributed by atoms with Crippen molar-refractivity contribution in [3.63, 3.8) is 0 Å². The number of rotatable bonds is 7. The molecule has 0 radical (unpaired) electrons. The van der Waals surface area contributed by atoms with Crippen molar-refractivity contribution in [1.82, 2.24) is 20.1 Å². The van der Waals surface area contributed by atoms with E-state index >= 15 is 0 Å². The fraction of sp³-hybridized carbons (Fsp3) is 0.526. The third kappa shape index (κ3) is 3.52. The molecule has 0 spiro atoms. The molecule has 2 aromatic rings. The van der Waals surface area contributed by atoms with Gasteiger partial charge in [-0.2, -0.15) is 5.10 Å². The first-order chi connectivity index (χ1) is 12.6. The molecule has 1 aromatic heterocycles. The molecule has 1 amide bonds. The molecule has 1 fully saturated rings. The standard InChI is InChI=1S/C19H26N4O3/c1-14(11-23-13-20-12-21-23)22-18(24)19(8-4-5-9-19)15-6-7-16(25-2)17(10-15)26-3/h6-7,10,12-14H,4-5,8-9,11H2,1-3H3,(H,22,24). The number of aromatic nitrogens is 3. The van der Waals surface area contributed by atoms with Crippen LogP contribution in [0.1, 0.15) is 38.2 Å². The minimum Gasteiger partial charge on any atom is -0.493 e. The first kappa shape index (κ1) is 18.2. The lowest BCUT2D eigenvalue weighted by atomic mass is 9.77. The largest absolute Gasteiger partial charge is 0.493 e. The van der Waals surface area contributed by atoms with Gasteiger partial charge >= 0.3 is 0 Å². The van der Waals surface area contributed by atoms with Crippen molar-refractivity contribution in [2.75, 3.05) is 14.2 Å². The van der Waals surface area contributed by atoms with E-state index < -0.39 is 5.41 Å². The van der Waals surface area contributed by atoms with Crippen LogP contribution in [0.15, 0.2) is 30.9 Å². The monoisotopic (exact) mass is 358 g/mol. The summed E-state index contributed by atoms with van der Waals surface area (Å²) in [5.41, 5.74) is 0.467. The Morgan fingerprint density at radius 3 is 2.62 bits per heavy atom. The van der Waals surface area contributed by atoms with Crippen LogP contribution in [0.2, 0.25) is 0 Å². The third-order valence-electron chi connectivity index (χ3n) is 5.13. The lowest BCUT2D eigenvalue weighted by Crippen LogP contribution is -2.47. The Morgan fingerprint density at radius 1 is 1.27 bits per heavy atom. The number of hydrogen-bond acceptors (Lipinski definition) is 5. The zero-order valence-corrected chi connectivity index (χ0v) is 15.6. The molecule has 26 heavy (non-hydrogen) atoms. The average molecular weight is 358 g/mol. The van der Waals surface area contributed by atoms with E-state index in [2.05, 4.69) is 15.4 Å². The van der Waals surface area contributed by atoms with Gasteiger partial charge in [0.2, 0.25) is 5.91 Å². The smallest absolute Gasteiger partial charge is 0.230 e. The van der Waals surface area contributed by atoms with Gasteiger partial charge in [0.15, 0.2) is 11.5 Å².